The molecule has 6 nitrogen and oxygen atoms in total. The Morgan fingerprint density at radius 2 is 1.89 bits per heavy atom. The van der Waals surface area contributed by atoms with Crippen molar-refractivity contribution in [2.75, 3.05) is 38.8 Å². The standard InChI is InChI=1S/C17H23F3N2O4S/c1-21(12-17(18,19)20)16(23)10-22(14-7-8-27(24,25)11-14)9-13-3-5-15(26-2)6-4-13/h3-6,14H,7-12H2,1-2H3. The molecule has 1 aliphatic rings. The Balaban J connectivity index is 2.12. The van der Waals surface area contributed by atoms with Crippen molar-refractivity contribution in [2.24, 2.45) is 0 Å². The zero-order valence-corrected chi connectivity index (χ0v) is 16.0. The lowest BCUT2D eigenvalue weighted by atomic mass is 10.1. The molecule has 0 radical (unpaired) electrons. The van der Waals surface area contributed by atoms with E-state index in [0.717, 1.165) is 12.6 Å². The predicted molar refractivity (Wildman–Crippen MR) is 94.2 cm³/mol. The fourth-order valence-electron chi connectivity index (χ4n) is 2.99. The summed E-state index contributed by atoms with van der Waals surface area (Å²) in [5, 5.41) is 0. The highest BCUT2D eigenvalue weighted by Gasteiger charge is 2.35. The summed E-state index contributed by atoms with van der Waals surface area (Å²) in [6.45, 7) is -1.36. The van der Waals surface area contributed by atoms with E-state index in [1.807, 2.05) is 0 Å². The lowest BCUT2D eigenvalue weighted by molar-refractivity contribution is -0.159. The van der Waals surface area contributed by atoms with E-state index in [2.05, 4.69) is 0 Å². The van der Waals surface area contributed by atoms with Crippen LogP contribution >= 0.6 is 0 Å². The lowest BCUT2D eigenvalue weighted by Gasteiger charge is -2.29. The molecule has 0 bridgehead atoms. The lowest BCUT2D eigenvalue weighted by Crippen LogP contribution is -2.45. The Hall–Kier alpha value is -1.81. The Kier molecular flexibility index (Phi) is 6.74. The zero-order valence-electron chi connectivity index (χ0n) is 15.2. The Labute approximate surface area is 156 Å². The second-order valence-corrected chi connectivity index (χ2v) is 8.90. The number of hydrogen-bond acceptors (Lipinski definition) is 5. The van der Waals surface area contributed by atoms with Gasteiger partial charge in [-0.1, -0.05) is 12.1 Å². The maximum absolute atomic E-state index is 12.5. The van der Waals surface area contributed by atoms with Crippen molar-refractivity contribution in [1.82, 2.24) is 9.80 Å². The molecule has 0 aromatic heterocycles. The van der Waals surface area contributed by atoms with Crippen LogP contribution < -0.4 is 4.74 Å². The maximum Gasteiger partial charge on any atom is 0.406 e. The SMILES string of the molecule is COc1ccc(CN(CC(=O)N(C)CC(F)(F)F)C2CCS(=O)(=O)C2)cc1. The first-order valence-electron chi connectivity index (χ1n) is 8.37. The van der Waals surface area contributed by atoms with E-state index in [4.69, 9.17) is 4.74 Å². The number of carbonyl (C=O) groups is 1. The van der Waals surface area contributed by atoms with E-state index in [9.17, 15) is 26.4 Å². The second kappa shape index (κ2) is 8.47. The first-order chi connectivity index (χ1) is 12.5. The molecular weight excluding hydrogens is 385 g/mol. The number of benzene rings is 1. The molecule has 0 spiro atoms. The van der Waals surface area contributed by atoms with Crippen molar-refractivity contribution in [1.29, 1.82) is 0 Å². The van der Waals surface area contributed by atoms with Gasteiger partial charge < -0.3 is 9.64 Å². The molecule has 152 valence electrons. The minimum Gasteiger partial charge on any atom is -0.497 e. The smallest absolute Gasteiger partial charge is 0.406 e. The van der Waals surface area contributed by atoms with Gasteiger partial charge in [0.25, 0.3) is 0 Å². The molecule has 10 heteroatoms. The van der Waals surface area contributed by atoms with E-state index < -0.39 is 34.5 Å². The Morgan fingerprint density at radius 3 is 2.37 bits per heavy atom. The summed E-state index contributed by atoms with van der Waals surface area (Å²) in [6, 6.07) is 6.62. The molecule has 1 heterocycles. The van der Waals surface area contributed by atoms with Gasteiger partial charge in [0.15, 0.2) is 9.84 Å². The zero-order chi connectivity index (χ0) is 20.2. The Morgan fingerprint density at radius 1 is 1.26 bits per heavy atom. The summed E-state index contributed by atoms with van der Waals surface area (Å²) < 4.78 is 66.3. The molecule has 1 fully saturated rings. The number of ether oxygens (including phenoxy) is 1. The largest absolute Gasteiger partial charge is 0.497 e. The molecule has 2 rings (SSSR count). The third kappa shape index (κ3) is 6.69. The molecule has 27 heavy (non-hydrogen) atoms. The number of carbonyl (C=O) groups excluding carboxylic acids is 1. The molecule has 1 aliphatic heterocycles. The molecule has 1 atom stereocenters. The average Bonchev–Trinajstić information content (AvgIpc) is 2.93. The van der Waals surface area contributed by atoms with E-state index >= 15 is 0 Å². The maximum atomic E-state index is 12.5. The van der Waals surface area contributed by atoms with Crippen LogP contribution in [-0.4, -0.2) is 75.1 Å². The molecule has 1 aromatic carbocycles. The van der Waals surface area contributed by atoms with Crippen LogP contribution in [0.25, 0.3) is 0 Å². The molecule has 0 aliphatic carbocycles. The third-order valence-electron chi connectivity index (χ3n) is 4.45. The van der Waals surface area contributed by atoms with Crippen LogP contribution in [0, 0.1) is 0 Å². The molecule has 1 unspecified atom stereocenters. The first kappa shape index (κ1) is 21.5. The van der Waals surface area contributed by atoms with E-state index in [-0.39, 0.29) is 24.6 Å². The van der Waals surface area contributed by atoms with Gasteiger partial charge >= 0.3 is 6.18 Å². The summed E-state index contributed by atoms with van der Waals surface area (Å²) in [7, 11) is -0.577. The van der Waals surface area contributed by atoms with Gasteiger partial charge in [-0.2, -0.15) is 13.2 Å². The normalized spacial score (nSPS) is 19.3. The minimum absolute atomic E-state index is 0.0172. The summed E-state index contributed by atoms with van der Waals surface area (Å²) in [5.74, 6) is -0.136. The highest BCUT2D eigenvalue weighted by molar-refractivity contribution is 7.91. The summed E-state index contributed by atoms with van der Waals surface area (Å²) in [4.78, 5) is 14.5. The van der Waals surface area contributed by atoms with Crippen LogP contribution in [-0.2, 0) is 21.2 Å². The van der Waals surface area contributed by atoms with Gasteiger partial charge in [-0.25, -0.2) is 8.42 Å². The van der Waals surface area contributed by atoms with Crippen LogP contribution in [0.1, 0.15) is 12.0 Å². The van der Waals surface area contributed by atoms with Crippen molar-refractivity contribution in [3.63, 3.8) is 0 Å². The van der Waals surface area contributed by atoms with E-state index in [1.54, 1.807) is 29.2 Å². The second-order valence-electron chi connectivity index (χ2n) is 6.67. The third-order valence-corrected chi connectivity index (χ3v) is 6.20. The molecule has 1 saturated heterocycles. The number of methoxy groups -OCH3 is 1. The number of sulfone groups is 1. The number of amides is 1. The fraction of sp³-hybridized carbons (Fsp3) is 0.588. The minimum atomic E-state index is -4.48. The average molecular weight is 408 g/mol. The van der Waals surface area contributed by atoms with Crippen LogP contribution in [0.3, 0.4) is 0 Å². The number of rotatable bonds is 7. The van der Waals surface area contributed by atoms with E-state index in [0.29, 0.717) is 17.1 Å². The van der Waals surface area contributed by atoms with Crippen molar-refractivity contribution < 1.29 is 31.1 Å². The molecule has 1 amide bonds. The van der Waals surface area contributed by atoms with Gasteiger partial charge in [0, 0.05) is 19.6 Å². The summed E-state index contributed by atoms with van der Waals surface area (Å²) >= 11 is 0. The first-order valence-corrected chi connectivity index (χ1v) is 10.2. The van der Waals surface area contributed by atoms with Gasteiger partial charge in [-0.15, -0.1) is 0 Å². The van der Waals surface area contributed by atoms with Gasteiger partial charge in [-0.3, -0.25) is 9.69 Å². The van der Waals surface area contributed by atoms with Crippen molar-refractivity contribution >= 4 is 15.7 Å². The van der Waals surface area contributed by atoms with Crippen LogP contribution in [0.4, 0.5) is 13.2 Å². The monoisotopic (exact) mass is 408 g/mol. The van der Waals surface area contributed by atoms with Crippen LogP contribution in [0.2, 0.25) is 0 Å². The molecule has 1 aromatic rings. The number of halogens is 3. The quantitative estimate of drug-likeness (QED) is 0.687. The highest BCUT2D eigenvalue weighted by Crippen LogP contribution is 2.22. The van der Waals surface area contributed by atoms with Crippen LogP contribution in [0.5, 0.6) is 5.75 Å². The summed E-state index contributed by atoms with van der Waals surface area (Å²) in [6.07, 6.45) is -4.13. The van der Waals surface area contributed by atoms with Crippen molar-refractivity contribution in [3.05, 3.63) is 29.8 Å². The highest BCUT2D eigenvalue weighted by atomic mass is 32.2. The topological polar surface area (TPSA) is 66.9 Å². The summed E-state index contributed by atoms with van der Waals surface area (Å²) in [5.41, 5.74) is 0.811. The number of nitrogens with zero attached hydrogens (tertiary/aromatic N) is 2. The van der Waals surface area contributed by atoms with Crippen molar-refractivity contribution in [2.45, 2.75) is 25.2 Å². The molecular formula is C17H23F3N2O4S. The predicted octanol–water partition coefficient (Wildman–Crippen LogP) is 1.70. The van der Waals surface area contributed by atoms with Gasteiger partial charge in [0.1, 0.15) is 12.3 Å². The van der Waals surface area contributed by atoms with Crippen LogP contribution in [0.15, 0.2) is 24.3 Å². The molecule has 0 N–H and O–H groups in total. The van der Waals surface area contributed by atoms with Gasteiger partial charge in [0.2, 0.25) is 5.91 Å². The van der Waals surface area contributed by atoms with Gasteiger partial charge in [-0.05, 0) is 24.1 Å². The van der Waals surface area contributed by atoms with Crippen molar-refractivity contribution in [3.8, 4) is 5.75 Å². The van der Waals surface area contributed by atoms with Gasteiger partial charge in [0.05, 0.1) is 25.2 Å². The Bertz CT molecular complexity index is 750. The molecule has 0 saturated carbocycles. The number of hydrogen-bond donors (Lipinski definition) is 0. The number of likely N-dealkylation sites (N-methyl/N-ethyl adjacent to an activating group) is 1. The fourth-order valence-corrected chi connectivity index (χ4v) is 4.76. The number of alkyl halides is 3. The van der Waals surface area contributed by atoms with E-state index in [1.165, 1.54) is 7.11 Å².